The Morgan fingerprint density at radius 3 is 2.94 bits per heavy atom. The van der Waals surface area contributed by atoms with E-state index in [-0.39, 0.29) is 19.1 Å². The van der Waals surface area contributed by atoms with Gasteiger partial charge in [-0.25, -0.2) is 9.78 Å². The third-order valence-corrected chi connectivity index (χ3v) is 1.89. The van der Waals surface area contributed by atoms with Crippen LogP contribution in [0.15, 0.2) is 6.33 Å². The highest BCUT2D eigenvalue weighted by Crippen LogP contribution is 1.94. The number of hydrogen-bond acceptors (Lipinski definition) is 5. The summed E-state index contributed by atoms with van der Waals surface area (Å²) in [5, 5.41) is 8.73. The zero-order valence-electron chi connectivity index (χ0n) is 9.77. The number of amides is 2. The number of aromatic amines is 1. The zero-order chi connectivity index (χ0) is 12.7. The number of esters is 1. The molecule has 0 aliphatic carbocycles. The molecule has 0 saturated carbocycles. The minimum absolute atomic E-state index is 0.145. The van der Waals surface area contributed by atoms with Gasteiger partial charge in [-0.05, 0) is 6.92 Å². The Morgan fingerprint density at radius 1 is 1.59 bits per heavy atom. The Hall–Kier alpha value is -2.12. The van der Waals surface area contributed by atoms with Gasteiger partial charge in [0.05, 0.1) is 13.2 Å². The van der Waals surface area contributed by atoms with Gasteiger partial charge in [0.1, 0.15) is 18.7 Å². The molecular formula is C9H15N5O3. The van der Waals surface area contributed by atoms with Crippen LogP contribution in [0.5, 0.6) is 0 Å². The number of carbonyl (C=O) groups excluding carboxylic acids is 2. The number of carbonyl (C=O) groups is 2. The van der Waals surface area contributed by atoms with Crippen LogP contribution < -0.4 is 5.32 Å². The molecule has 1 aromatic rings. The summed E-state index contributed by atoms with van der Waals surface area (Å²) >= 11 is 0. The highest BCUT2D eigenvalue weighted by Gasteiger charge is 2.11. The van der Waals surface area contributed by atoms with E-state index < -0.39 is 5.97 Å². The Kier molecular flexibility index (Phi) is 4.92. The van der Waals surface area contributed by atoms with Gasteiger partial charge in [-0.1, -0.05) is 0 Å². The molecule has 0 bridgehead atoms. The van der Waals surface area contributed by atoms with Crippen molar-refractivity contribution in [3.05, 3.63) is 12.2 Å². The third kappa shape index (κ3) is 4.49. The lowest BCUT2D eigenvalue weighted by atomic mass is 10.5. The summed E-state index contributed by atoms with van der Waals surface area (Å²) < 4.78 is 4.68. The maximum Gasteiger partial charge on any atom is 0.325 e. The van der Waals surface area contributed by atoms with Gasteiger partial charge >= 0.3 is 12.0 Å². The largest absolute Gasteiger partial charge is 0.465 e. The van der Waals surface area contributed by atoms with Crippen LogP contribution >= 0.6 is 0 Å². The van der Waals surface area contributed by atoms with E-state index in [2.05, 4.69) is 25.2 Å². The molecule has 1 heterocycles. The molecule has 1 rings (SSSR count). The van der Waals surface area contributed by atoms with Crippen molar-refractivity contribution in [1.82, 2.24) is 25.4 Å². The lowest BCUT2D eigenvalue weighted by molar-refractivity contribution is -0.141. The molecule has 0 spiro atoms. The first-order chi connectivity index (χ1) is 8.13. The molecule has 0 unspecified atom stereocenters. The molecule has 0 aliphatic heterocycles. The molecular weight excluding hydrogens is 226 g/mol. The number of ether oxygens (including phenoxy) is 1. The minimum atomic E-state index is -0.464. The van der Waals surface area contributed by atoms with E-state index in [4.69, 9.17) is 0 Å². The van der Waals surface area contributed by atoms with Crippen LogP contribution in [0, 0.1) is 0 Å². The fourth-order valence-electron chi connectivity index (χ4n) is 1.10. The number of H-pyrrole nitrogens is 1. The van der Waals surface area contributed by atoms with Crippen molar-refractivity contribution in [1.29, 1.82) is 0 Å². The third-order valence-electron chi connectivity index (χ3n) is 1.89. The maximum atomic E-state index is 11.5. The normalized spacial score (nSPS) is 9.76. The Bertz CT molecular complexity index is 365. The first kappa shape index (κ1) is 12.9. The van der Waals surface area contributed by atoms with Crippen LogP contribution in [0.3, 0.4) is 0 Å². The molecule has 1 aromatic heterocycles. The Balaban J connectivity index is 2.29. The topological polar surface area (TPSA) is 100 Å². The SMILES string of the molecule is CCOC(=O)CNC(=O)N(C)Cc1ncn[nH]1. The van der Waals surface area contributed by atoms with Crippen LogP contribution in [0.4, 0.5) is 4.79 Å². The fraction of sp³-hybridized carbons (Fsp3) is 0.556. The van der Waals surface area contributed by atoms with Gasteiger partial charge in [0.25, 0.3) is 0 Å². The highest BCUT2D eigenvalue weighted by atomic mass is 16.5. The molecule has 0 atom stereocenters. The minimum Gasteiger partial charge on any atom is -0.465 e. The van der Waals surface area contributed by atoms with E-state index in [0.717, 1.165) is 0 Å². The van der Waals surface area contributed by atoms with E-state index in [0.29, 0.717) is 12.4 Å². The monoisotopic (exact) mass is 241 g/mol. The first-order valence-corrected chi connectivity index (χ1v) is 5.12. The average Bonchev–Trinajstić information content (AvgIpc) is 2.79. The summed E-state index contributed by atoms with van der Waals surface area (Å²) in [6.07, 6.45) is 1.36. The van der Waals surface area contributed by atoms with Gasteiger partial charge in [0.15, 0.2) is 0 Å². The second-order valence-corrected chi connectivity index (χ2v) is 3.25. The standard InChI is InChI=1S/C9H15N5O3/c1-3-17-8(15)4-10-9(16)14(2)5-7-11-6-12-13-7/h6H,3-5H2,1-2H3,(H,10,16)(H,11,12,13). The van der Waals surface area contributed by atoms with Crippen LogP contribution in [0.25, 0.3) is 0 Å². The van der Waals surface area contributed by atoms with E-state index in [1.807, 2.05) is 0 Å². The van der Waals surface area contributed by atoms with Crippen LogP contribution in [-0.2, 0) is 16.1 Å². The van der Waals surface area contributed by atoms with Gasteiger partial charge in [-0.15, -0.1) is 0 Å². The average molecular weight is 241 g/mol. The van der Waals surface area contributed by atoms with Crippen molar-refractivity contribution < 1.29 is 14.3 Å². The Morgan fingerprint density at radius 2 is 2.35 bits per heavy atom. The number of nitrogens with zero attached hydrogens (tertiary/aromatic N) is 3. The van der Waals surface area contributed by atoms with E-state index in [1.54, 1.807) is 14.0 Å². The summed E-state index contributed by atoms with van der Waals surface area (Å²) in [5.74, 6) is 0.104. The number of rotatable bonds is 5. The molecule has 94 valence electrons. The number of aromatic nitrogens is 3. The van der Waals surface area contributed by atoms with Crippen molar-refractivity contribution in [2.45, 2.75) is 13.5 Å². The van der Waals surface area contributed by atoms with Gasteiger partial charge in [-0.2, -0.15) is 5.10 Å². The summed E-state index contributed by atoms with van der Waals surface area (Å²) in [6.45, 7) is 2.14. The molecule has 8 heteroatoms. The van der Waals surface area contributed by atoms with Crippen molar-refractivity contribution in [2.24, 2.45) is 0 Å². The molecule has 0 saturated heterocycles. The second-order valence-electron chi connectivity index (χ2n) is 3.25. The van der Waals surface area contributed by atoms with E-state index >= 15 is 0 Å². The fourth-order valence-corrected chi connectivity index (χ4v) is 1.10. The number of urea groups is 1. The Labute approximate surface area is 98.3 Å². The van der Waals surface area contributed by atoms with E-state index in [1.165, 1.54) is 11.2 Å². The van der Waals surface area contributed by atoms with Gasteiger partial charge in [-0.3, -0.25) is 9.89 Å². The quantitative estimate of drug-likeness (QED) is 0.677. The van der Waals surface area contributed by atoms with Gasteiger partial charge < -0.3 is 15.0 Å². The molecule has 0 radical (unpaired) electrons. The van der Waals surface area contributed by atoms with Gasteiger partial charge in [0.2, 0.25) is 0 Å². The summed E-state index contributed by atoms with van der Waals surface area (Å²) in [7, 11) is 1.59. The van der Waals surface area contributed by atoms with Crippen molar-refractivity contribution in [2.75, 3.05) is 20.2 Å². The summed E-state index contributed by atoms with van der Waals surface area (Å²) in [6, 6.07) is -0.380. The molecule has 2 N–H and O–H groups in total. The first-order valence-electron chi connectivity index (χ1n) is 5.12. The van der Waals surface area contributed by atoms with Crippen LogP contribution in [-0.4, -0.2) is 52.3 Å². The molecule has 17 heavy (non-hydrogen) atoms. The predicted octanol–water partition coefficient (Wildman–Crippen LogP) is -0.491. The second kappa shape index (κ2) is 6.46. The highest BCUT2D eigenvalue weighted by molar-refractivity contribution is 5.80. The molecule has 0 aromatic carbocycles. The molecule has 0 fully saturated rings. The lowest BCUT2D eigenvalue weighted by Crippen LogP contribution is -2.40. The lowest BCUT2D eigenvalue weighted by Gasteiger charge is -2.15. The van der Waals surface area contributed by atoms with Crippen molar-refractivity contribution >= 4 is 12.0 Å². The van der Waals surface area contributed by atoms with Crippen LogP contribution in [0.1, 0.15) is 12.7 Å². The number of nitrogens with one attached hydrogen (secondary N) is 2. The van der Waals surface area contributed by atoms with Crippen molar-refractivity contribution in [3.63, 3.8) is 0 Å². The summed E-state index contributed by atoms with van der Waals surface area (Å²) in [5.41, 5.74) is 0. The molecule has 8 nitrogen and oxygen atoms in total. The summed E-state index contributed by atoms with van der Waals surface area (Å²) in [4.78, 5) is 27.8. The maximum absolute atomic E-state index is 11.5. The van der Waals surface area contributed by atoms with E-state index in [9.17, 15) is 9.59 Å². The molecule has 2 amide bonds. The smallest absolute Gasteiger partial charge is 0.325 e. The van der Waals surface area contributed by atoms with Crippen molar-refractivity contribution in [3.8, 4) is 0 Å². The van der Waals surface area contributed by atoms with Gasteiger partial charge in [0, 0.05) is 7.05 Å². The molecule has 0 aliphatic rings. The number of hydrogen-bond donors (Lipinski definition) is 2. The predicted molar refractivity (Wildman–Crippen MR) is 57.9 cm³/mol. The zero-order valence-corrected chi connectivity index (χ0v) is 9.77. The van der Waals surface area contributed by atoms with Crippen LogP contribution in [0.2, 0.25) is 0 Å².